The Balaban J connectivity index is 1.66. The van der Waals surface area contributed by atoms with Crippen molar-refractivity contribution in [3.63, 3.8) is 0 Å². The van der Waals surface area contributed by atoms with Gasteiger partial charge in [0.15, 0.2) is 0 Å². The molecule has 1 amide bonds. The summed E-state index contributed by atoms with van der Waals surface area (Å²) in [6.45, 7) is 3.75. The van der Waals surface area contributed by atoms with Gasteiger partial charge in [-0.3, -0.25) is 4.79 Å². The van der Waals surface area contributed by atoms with Gasteiger partial charge in [0, 0.05) is 30.5 Å². The molecule has 0 unspecified atom stereocenters. The van der Waals surface area contributed by atoms with E-state index in [0.717, 1.165) is 19.6 Å². The van der Waals surface area contributed by atoms with E-state index in [9.17, 15) is 13.2 Å². The Kier molecular flexibility index (Phi) is 8.35. The van der Waals surface area contributed by atoms with Crippen LogP contribution in [0.15, 0.2) is 33.6 Å². The number of hydrogen-bond acceptors (Lipinski definition) is 4. The summed E-state index contributed by atoms with van der Waals surface area (Å²) in [5, 5.41) is 2.86. The van der Waals surface area contributed by atoms with Gasteiger partial charge in [0.25, 0.3) is 0 Å². The predicted molar refractivity (Wildman–Crippen MR) is 102 cm³/mol. The quantitative estimate of drug-likeness (QED) is 0.660. The summed E-state index contributed by atoms with van der Waals surface area (Å²) in [7, 11) is -3.59. The topological polar surface area (TPSA) is 78.5 Å². The van der Waals surface area contributed by atoms with E-state index in [-0.39, 0.29) is 23.8 Å². The first-order valence-corrected chi connectivity index (χ1v) is 11.0. The molecule has 2 N–H and O–H groups in total. The third-order valence-corrected chi connectivity index (χ3v) is 6.15. The van der Waals surface area contributed by atoms with Gasteiger partial charge in [-0.1, -0.05) is 34.8 Å². The Morgan fingerprint density at radius 2 is 1.84 bits per heavy atom. The van der Waals surface area contributed by atoms with Crippen molar-refractivity contribution in [2.24, 2.45) is 0 Å². The Morgan fingerprint density at radius 3 is 2.52 bits per heavy atom. The van der Waals surface area contributed by atoms with E-state index >= 15 is 0 Å². The first-order valence-electron chi connectivity index (χ1n) is 8.72. The van der Waals surface area contributed by atoms with Crippen molar-refractivity contribution in [1.82, 2.24) is 14.9 Å². The van der Waals surface area contributed by atoms with Crippen LogP contribution < -0.4 is 10.0 Å². The maximum absolute atomic E-state index is 12.1. The number of hydrogen-bond donors (Lipinski definition) is 2. The van der Waals surface area contributed by atoms with E-state index < -0.39 is 10.0 Å². The summed E-state index contributed by atoms with van der Waals surface area (Å²) in [4.78, 5) is 14.4. The number of benzene rings is 1. The number of amides is 1. The van der Waals surface area contributed by atoms with Crippen molar-refractivity contribution >= 4 is 31.9 Å². The van der Waals surface area contributed by atoms with Crippen LogP contribution in [0.1, 0.15) is 32.1 Å². The molecule has 1 aromatic rings. The van der Waals surface area contributed by atoms with Crippen LogP contribution in [0.5, 0.6) is 0 Å². The number of nitrogens with one attached hydrogen (secondary N) is 2. The number of rotatable bonds is 8. The molecular formula is C17H26BrN3O3S. The average molecular weight is 432 g/mol. The summed E-state index contributed by atoms with van der Waals surface area (Å²) in [5.41, 5.74) is 0. The van der Waals surface area contributed by atoms with Crippen molar-refractivity contribution in [2.45, 2.75) is 37.0 Å². The Hall–Kier alpha value is -0.960. The first-order chi connectivity index (χ1) is 12.0. The van der Waals surface area contributed by atoms with E-state index in [1.54, 1.807) is 12.1 Å². The summed E-state index contributed by atoms with van der Waals surface area (Å²) in [6.07, 6.45) is 5.17. The van der Waals surface area contributed by atoms with Gasteiger partial charge in [-0.05, 0) is 44.1 Å². The largest absolute Gasteiger partial charge is 0.355 e. The molecule has 0 spiro atoms. The molecule has 2 rings (SSSR count). The van der Waals surface area contributed by atoms with Crippen LogP contribution >= 0.6 is 15.9 Å². The minimum atomic E-state index is -3.59. The van der Waals surface area contributed by atoms with Crippen molar-refractivity contribution in [2.75, 3.05) is 32.7 Å². The first kappa shape index (κ1) is 20.4. The van der Waals surface area contributed by atoms with Crippen LogP contribution in [0.3, 0.4) is 0 Å². The zero-order chi connectivity index (χ0) is 18.1. The molecule has 0 aromatic heterocycles. The lowest BCUT2D eigenvalue weighted by molar-refractivity contribution is -0.120. The lowest BCUT2D eigenvalue weighted by atomic mass is 10.2. The van der Waals surface area contributed by atoms with Gasteiger partial charge in [-0.15, -0.1) is 0 Å². The van der Waals surface area contributed by atoms with E-state index in [0.29, 0.717) is 11.0 Å². The summed E-state index contributed by atoms with van der Waals surface area (Å²) in [6, 6.07) is 6.48. The molecule has 0 bridgehead atoms. The van der Waals surface area contributed by atoms with Gasteiger partial charge >= 0.3 is 0 Å². The highest BCUT2D eigenvalue weighted by molar-refractivity contribution is 9.10. The van der Waals surface area contributed by atoms with E-state index in [1.165, 1.54) is 37.8 Å². The number of nitrogens with zero attached hydrogens (tertiary/aromatic N) is 1. The highest BCUT2D eigenvalue weighted by Gasteiger charge is 2.14. The van der Waals surface area contributed by atoms with Crippen LogP contribution in [0.4, 0.5) is 0 Å². The molecule has 1 saturated heterocycles. The molecule has 1 heterocycles. The minimum Gasteiger partial charge on any atom is -0.355 e. The molecule has 1 fully saturated rings. The predicted octanol–water partition coefficient (Wildman–Crippen LogP) is 2.11. The van der Waals surface area contributed by atoms with Gasteiger partial charge in [-0.25, -0.2) is 13.1 Å². The van der Waals surface area contributed by atoms with E-state index in [2.05, 4.69) is 30.9 Å². The Bertz CT molecular complexity index is 659. The SMILES string of the molecule is O=C(CCNS(=O)(=O)c1cccc(Br)c1)NCCN1CCCCCC1. The van der Waals surface area contributed by atoms with Crippen LogP contribution in [0.2, 0.25) is 0 Å². The normalized spacial score (nSPS) is 16.4. The van der Waals surface area contributed by atoms with Crippen LogP contribution in [0, 0.1) is 0 Å². The molecule has 0 atom stereocenters. The number of carbonyl (C=O) groups excluding carboxylic acids is 1. The summed E-state index contributed by atoms with van der Waals surface area (Å²) in [5.74, 6) is -0.133. The maximum Gasteiger partial charge on any atom is 0.240 e. The zero-order valence-electron chi connectivity index (χ0n) is 14.3. The monoisotopic (exact) mass is 431 g/mol. The molecule has 0 radical (unpaired) electrons. The van der Waals surface area contributed by atoms with Gasteiger partial charge in [0.2, 0.25) is 15.9 Å². The molecule has 0 saturated carbocycles. The molecule has 6 nitrogen and oxygen atoms in total. The van der Waals surface area contributed by atoms with E-state index in [4.69, 9.17) is 0 Å². The highest BCUT2D eigenvalue weighted by atomic mass is 79.9. The third-order valence-electron chi connectivity index (χ3n) is 4.20. The van der Waals surface area contributed by atoms with Crippen LogP contribution in [-0.2, 0) is 14.8 Å². The zero-order valence-corrected chi connectivity index (χ0v) is 16.7. The average Bonchev–Trinajstić information content (AvgIpc) is 2.83. The molecule has 8 heteroatoms. The minimum absolute atomic E-state index is 0.0877. The molecule has 140 valence electrons. The van der Waals surface area contributed by atoms with Crippen molar-refractivity contribution in [3.05, 3.63) is 28.7 Å². The van der Waals surface area contributed by atoms with Crippen molar-refractivity contribution < 1.29 is 13.2 Å². The summed E-state index contributed by atoms with van der Waals surface area (Å²) >= 11 is 3.25. The third kappa shape index (κ3) is 7.43. The second kappa shape index (κ2) is 10.3. The number of halogens is 1. The second-order valence-corrected chi connectivity index (χ2v) is 8.89. The fraction of sp³-hybridized carbons (Fsp3) is 0.588. The standard InChI is InChI=1S/C17H26BrN3O3S/c18-15-6-5-7-16(14-15)25(23,24)20-9-8-17(22)19-10-13-21-11-3-1-2-4-12-21/h5-7,14,20H,1-4,8-13H2,(H,19,22). The van der Waals surface area contributed by atoms with Crippen molar-refractivity contribution in [1.29, 1.82) is 0 Å². The molecule has 1 aliphatic heterocycles. The highest BCUT2D eigenvalue weighted by Crippen LogP contribution is 2.15. The lowest BCUT2D eigenvalue weighted by Crippen LogP contribution is -2.36. The van der Waals surface area contributed by atoms with E-state index in [1.807, 2.05) is 0 Å². The molecule has 1 aromatic carbocycles. The van der Waals surface area contributed by atoms with Crippen molar-refractivity contribution in [3.8, 4) is 0 Å². The molecule has 0 aliphatic carbocycles. The number of sulfonamides is 1. The molecule has 25 heavy (non-hydrogen) atoms. The van der Waals surface area contributed by atoms with Gasteiger partial charge in [-0.2, -0.15) is 0 Å². The lowest BCUT2D eigenvalue weighted by Gasteiger charge is -2.19. The number of likely N-dealkylation sites (tertiary alicyclic amines) is 1. The Morgan fingerprint density at radius 1 is 1.12 bits per heavy atom. The van der Waals surface area contributed by atoms with Gasteiger partial charge < -0.3 is 10.2 Å². The molecule has 1 aliphatic rings. The summed E-state index contributed by atoms with van der Waals surface area (Å²) < 4.78 is 27.5. The maximum atomic E-state index is 12.1. The fourth-order valence-corrected chi connectivity index (χ4v) is 4.45. The van der Waals surface area contributed by atoms with Gasteiger partial charge in [0.1, 0.15) is 0 Å². The van der Waals surface area contributed by atoms with Gasteiger partial charge in [0.05, 0.1) is 4.90 Å². The number of carbonyl (C=O) groups is 1. The van der Waals surface area contributed by atoms with Crippen LogP contribution in [0.25, 0.3) is 0 Å². The van der Waals surface area contributed by atoms with Crippen LogP contribution in [-0.4, -0.2) is 51.9 Å². The second-order valence-electron chi connectivity index (χ2n) is 6.21. The molecular weight excluding hydrogens is 406 g/mol. The Labute approximate surface area is 158 Å². The fourth-order valence-electron chi connectivity index (χ4n) is 2.82. The smallest absolute Gasteiger partial charge is 0.240 e.